The first kappa shape index (κ1) is 12.5. The fraction of sp³-hybridized carbons (Fsp3) is 0.0769. The summed E-state index contributed by atoms with van der Waals surface area (Å²) in [5.41, 5.74) is 5.66. The van der Waals surface area contributed by atoms with Crippen LogP contribution in [0.4, 0.5) is 19.0 Å². The van der Waals surface area contributed by atoms with E-state index in [1.165, 1.54) is 6.07 Å². The molecule has 0 radical (unpaired) electrons. The summed E-state index contributed by atoms with van der Waals surface area (Å²) in [4.78, 5) is 3.87. The van der Waals surface area contributed by atoms with E-state index in [0.717, 1.165) is 10.6 Å². The van der Waals surface area contributed by atoms with Crippen molar-refractivity contribution in [2.75, 3.05) is 5.73 Å². The molecule has 0 aliphatic heterocycles. The molecule has 0 saturated carbocycles. The van der Waals surface area contributed by atoms with Gasteiger partial charge in [-0.1, -0.05) is 30.3 Å². The van der Waals surface area contributed by atoms with Crippen molar-refractivity contribution in [3.63, 3.8) is 0 Å². The molecule has 20 heavy (non-hydrogen) atoms. The second kappa shape index (κ2) is 4.22. The number of alkyl halides is 3. The van der Waals surface area contributed by atoms with Crippen molar-refractivity contribution in [1.29, 1.82) is 0 Å². The molecule has 3 aromatic rings. The van der Waals surface area contributed by atoms with Crippen LogP contribution in [0.15, 0.2) is 42.5 Å². The Hall–Kier alpha value is -2.57. The van der Waals surface area contributed by atoms with Crippen molar-refractivity contribution in [2.45, 2.75) is 6.18 Å². The number of halogens is 3. The molecule has 1 aromatic carbocycles. The molecule has 0 aliphatic carbocycles. The van der Waals surface area contributed by atoms with Crippen LogP contribution in [-0.4, -0.2) is 14.6 Å². The van der Waals surface area contributed by atoms with E-state index < -0.39 is 11.9 Å². The van der Waals surface area contributed by atoms with Gasteiger partial charge in [0.05, 0.1) is 5.69 Å². The lowest BCUT2D eigenvalue weighted by molar-refractivity contribution is -0.142. The van der Waals surface area contributed by atoms with Crippen LogP contribution < -0.4 is 5.73 Å². The van der Waals surface area contributed by atoms with E-state index >= 15 is 0 Å². The van der Waals surface area contributed by atoms with Crippen molar-refractivity contribution >= 4 is 11.5 Å². The highest BCUT2D eigenvalue weighted by Gasteiger charge is 2.35. The molecule has 2 heterocycles. The summed E-state index contributed by atoms with van der Waals surface area (Å²) in [5, 5.41) is 3.97. The number of nitrogens with zero attached hydrogens (tertiary/aromatic N) is 3. The van der Waals surface area contributed by atoms with E-state index in [-0.39, 0.29) is 11.5 Å². The number of hydrogen-bond acceptors (Lipinski definition) is 3. The van der Waals surface area contributed by atoms with E-state index in [1.807, 2.05) is 6.07 Å². The number of anilines is 1. The van der Waals surface area contributed by atoms with Gasteiger partial charge in [-0.2, -0.15) is 18.3 Å². The second-order valence-corrected chi connectivity index (χ2v) is 4.23. The monoisotopic (exact) mass is 278 g/mol. The number of rotatable bonds is 1. The van der Waals surface area contributed by atoms with Crippen LogP contribution in [0.1, 0.15) is 5.69 Å². The Balaban J connectivity index is 2.26. The Labute approximate surface area is 111 Å². The minimum absolute atomic E-state index is 0.0659. The highest BCUT2D eigenvalue weighted by molar-refractivity contribution is 5.65. The summed E-state index contributed by atoms with van der Waals surface area (Å²) >= 11 is 0. The number of nitrogens with two attached hydrogens (primary N) is 1. The van der Waals surface area contributed by atoms with Gasteiger partial charge in [0.15, 0.2) is 11.3 Å². The van der Waals surface area contributed by atoms with Crippen LogP contribution in [0.2, 0.25) is 0 Å². The summed E-state index contributed by atoms with van der Waals surface area (Å²) in [6.07, 6.45) is -4.55. The number of hydrogen-bond donors (Lipinski definition) is 1. The zero-order valence-electron chi connectivity index (χ0n) is 10.1. The number of fused-ring (bicyclic) bond motifs is 1. The van der Waals surface area contributed by atoms with Crippen LogP contribution >= 0.6 is 0 Å². The first-order chi connectivity index (χ1) is 9.45. The fourth-order valence-corrected chi connectivity index (χ4v) is 1.95. The van der Waals surface area contributed by atoms with Crippen molar-refractivity contribution in [3.8, 4) is 11.3 Å². The molecular weight excluding hydrogens is 269 g/mol. The molecule has 0 unspecified atom stereocenters. The molecule has 0 aliphatic rings. The molecule has 0 bridgehead atoms. The maximum atomic E-state index is 13.0. The molecule has 0 amide bonds. The summed E-state index contributed by atoms with van der Waals surface area (Å²) in [5.74, 6) is -0.190. The van der Waals surface area contributed by atoms with Gasteiger partial charge in [0.25, 0.3) is 0 Å². The third-order valence-corrected chi connectivity index (χ3v) is 2.81. The molecular formula is C13H9F3N4. The minimum atomic E-state index is -4.55. The summed E-state index contributed by atoms with van der Waals surface area (Å²) in [6.45, 7) is 0. The third-order valence-electron chi connectivity index (χ3n) is 2.81. The van der Waals surface area contributed by atoms with Crippen molar-refractivity contribution in [2.24, 2.45) is 0 Å². The largest absolute Gasteiger partial charge is 0.433 e. The van der Waals surface area contributed by atoms with Gasteiger partial charge in [-0.3, -0.25) is 0 Å². The van der Waals surface area contributed by atoms with Gasteiger partial charge in [0, 0.05) is 17.7 Å². The lowest BCUT2D eigenvalue weighted by Crippen LogP contribution is -2.14. The van der Waals surface area contributed by atoms with Gasteiger partial charge in [-0.15, -0.1) is 0 Å². The lowest BCUT2D eigenvalue weighted by Gasteiger charge is -2.08. The highest BCUT2D eigenvalue weighted by Crippen LogP contribution is 2.31. The smallest absolute Gasteiger partial charge is 0.384 e. The van der Waals surface area contributed by atoms with Gasteiger partial charge in [0.1, 0.15) is 5.82 Å². The Morgan fingerprint density at radius 1 is 1.05 bits per heavy atom. The van der Waals surface area contributed by atoms with Gasteiger partial charge in [-0.25, -0.2) is 9.50 Å². The minimum Gasteiger partial charge on any atom is -0.384 e. The van der Waals surface area contributed by atoms with E-state index in [1.54, 1.807) is 24.3 Å². The average molecular weight is 278 g/mol. The summed E-state index contributed by atoms with van der Waals surface area (Å²) < 4.78 is 39.7. The third kappa shape index (κ3) is 2.07. The molecule has 0 saturated heterocycles. The van der Waals surface area contributed by atoms with Crippen molar-refractivity contribution < 1.29 is 13.2 Å². The molecule has 3 rings (SSSR count). The van der Waals surface area contributed by atoms with Gasteiger partial charge < -0.3 is 5.73 Å². The van der Waals surface area contributed by atoms with Crippen molar-refractivity contribution in [1.82, 2.24) is 14.6 Å². The number of aromatic nitrogens is 3. The summed E-state index contributed by atoms with van der Waals surface area (Å²) in [6, 6.07) is 11.2. The van der Waals surface area contributed by atoms with Gasteiger partial charge in [-0.05, 0) is 0 Å². The Bertz CT molecular complexity index is 762. The first-order valence-corrected chi connectivity index (χ1v) is 5.74. The normalized spacial score (nSPS) is 11.9. The van der Waals surface area contributed by atoms with Crippen LogP contribution in [0.5, 0.6) is 0 Å². The summed E-state index contributed by atoms with van der Waals surface area (Å²) in [7, 11) is 0. The SMILES string of the molecule is Nc1cc(C(F)(F)F)n2nc(-c3ccccc3)cc2n1. The molecule has 7 heteroatoms. The first-order valence-electron chi connectivity index (χ1n) is 5.74. The van der Waals surface area contributed by atoms with E-state index in [9.17, 15) is 13.2 Å². The van der Waals surface area contributed by atoms with Crippen molar-refractivity contribution in [3.05, 3.63) is 48.2 Å². The Morgan fingerprint density at radius 3 is 2.40 bits per heavy atom. The van der Waals surface area contributed by atoms with E-state index in [0.29, 0.717) is 11.3 Å². The predicted molar refractivity (Wildman–Crippen MR) is 67.8 cm³/mol. The van der Waals surface area contributed by atoms with Crippen LogP contribution in [-0.2, 0) is 6.18 Å². The standard InChI is InChI=1S/C13H9F3N4/c14-13(15,16)10-7-11(17)18-12-6-9(19-20(10)12)8-4-2-1-3-5-8/h1-7H,(H2,17,18). The quantitative estimate of drug-likeness (QED) is 0.744. The molecule has 2 aromatic heterocycles. The van der Waals surface area contributed by atoms with E-state index in [2.05, 4.69) is 10.1 Å². The zero-order valence-corrected chi connectivity index (χ0v) is 10.1. The second-order valence-electron chi connectivity index (χ2n) is 4.23. The number of nitrogen functional groups attached to an aromatic ring is 1. The van der Waals surface area contributed by atoms with E-state index in [4.69, 9.17) is 5.73 Å². The lowest BCUT2D eigenvalue weighted by atomic mass is 10.2. The average Bonchev–Trinajstić information content (AvgIpc) is 2.81. The zero-order chi connectivity index (χ0) is 14.3. The molecule has 4 nitrogen and oxygen atoms in total. The predicted octanol–water partition coefficient (Wildman–Crippen LogP) is 3.00. The van der Waals surface area contributed by atoms with Crippen LogP contribution in [0, 0.1) is 0 Å². The Kier molecular flexibility index (Phi) is 2.63. The fourth-order valence-electron chi connectivity index (χ4n) is 1.95. The number of benzene rings is 1. The maximum absolute atomic E-state index is 13.0. The highest BCUT2D eigenvalue weighted by atomic mass is 19.4. The molecule has 2 N–H and O–H groups in total. The molecule has 0 atom stereocenters. The van der Waals surface area contributed by atoms with Gasteiger partial charge >= 0.3 is 6.18 Å². The molecule has 0 fully saturated rings. The maximum Gasteiger partial charge on any atom is 0.433 e. The Morgan fingerprint density at radius 2 is 1.75 bits per heavy atom. The molecule has 0 spiro atoms. The van der Waals surface area contributed by atoms with Gasteiger partial charge in [0.2, 0.25) is 0 Å². The van der Waals surface area contributed by atoms with Crippen LogP contribution in [0.25, 0.3) is 16.9 Å². The van der Waals surface area contributed by atoms with Crippen LogP contribution in [0.3, 0.4) is 0 Å². The topological polar surface area (TPSA) is 56.2 Å². The molecule has 102 valence electrons.